The summed E-state index contributed by atoms with van der Waals surface area (Å²) in [7, 11) is 0. The van der Waals surface area contributed by atoms with Gasteiger partial charge in [0.05, 0.1) is 11.5 Å². The van der Waals surface area contributed by atoms with Crippen molar-refractivity contribution in [2.45, 2.75) is 13.1 Å². The van der Waals surface area contributed by atoms with Crippen molar-refractivity contribution < 1.29 is 9.72 Å². The zero-order valence-corrected chi connectivity index (χ0v) is 14.6. The third-order valence-corrected chi connectivity index (χ3v) is 4.00. The number of rotatable bonds is 6. The van der Waals surface area contributed by atoms with E-state index in [2.05, 4.69) is 5.32 Å². The Kier molecular flexibility index (Phi) is 5.45. The number of nitro benzene ring substituents is 1. The third-order valence-electron chi connectivity index (χ3n) is 4.00. The van der Waals surface area contributed by atoms with Crippen molar-refractivity contribution in [1.82, 2.24) is 9.13 Å². The number of hydrogen-bond donors (Lipinski definition) is 1. The largest absolute Gasteiger partial charge is 0.331 e. The van der Waals surface area contributed by atoms with Gasteiger partial charge in [-0.05, 0) is 17.7 Å². The van der Waals surface area contributed by atoms with Gasteiger partial charge in [-0.1, -0.05) is 30.3 Å². The molecule has 1 amide bonds. The maximum absolute atomic E-state index is 12.6. The summed E-state index contributed by atoms with van der Waals surface area (Å²) in [5.74, 6) is -0.592. The summed E-state index contributed by atoms with van der Waals surface area (Å²) in [4.78, 5) is 46.9. The molecular weight excluding hydrogens is 364 g/mol. The molecule has 0 unspecified atom stereocenters. The van der Waals surface area contributed by atoms with Crippen molar-refractivity contribution in [2.24, 2.45) is 0 Å². The van der Waals surface area contributed by atoms with Crippen LogP contribution in [0.5, 0.6) is 0 Å². The molecule has 0 radical (unpaired) electrons. The van der Waals surface area contributed by atoms with Crippen LogP contribution in [0.2, 0.25) is 0 Å². The molecule has 9 heteroatoms. The van der Waals surface area contributed by atoms with E-state index in [-0.39, 0.29) is 12.2 Å². The van der Waals surface area contributed by atoms with E-state index in [1.165, 1.54) is 41.1 Å². The molecule has 2 aromatic carbocycles. The number of non-ortho nitro benzene ring substituents is 1. The molecule has 9 nitrogen and oxygen atoms in total. The van der Waals surface area contributed by atoms with Crippen LogP contribution in [-0.2, 0) is 17.9 Å². The van der Waals surface area contributed by atoms with Gasteiger partial charge in [-0.15, -0.1) is 0 Å². The Balaban J connectivity index is 1.76. The minimum Gasteiger partial charge on any atom is -0.325 e. The number of nitrogens with zero attached hydrogens (tertiary/aromatic N) is 3. The molecule has 0 saturated carbocycles. The van der Waals surface area contributed by atoms with E-state index in [0.29, 0.717) is 5.69 Å². The maximum Gasteiger partial charge on any atom is 0.331 e. The highest BCUT2D eigenvalue weighted by atomic mass is 16.6. The number of nitro groups is 1. The highest BCUT2D eigenvalue weighted by Crippen LogP contribution is 2.15. The van der Waals surface area contributed by atoms with Gasteiger partial charge in [-0.2, -0.15) is 0 Å². The fourth-order valence-electron chi connectivity index (χ4n) is 2.61. The number of anilines is 1. The third kappa shape index (κ3) is 4.39. The lowest BCUT2D eigenvalue weighted by Gasteiger charge is -2.10. The molecule has 0 aliphatic heterocycles. The molecule has 0 aliphatic rings. The minimum absolute atomic E-state index is 0.110. The van der Waals surface area contributed by atoms with Crippen molar-refractivity contribution >= 4 is 17.3 Å². The normalized spacial score (nSPS) is 10.4. The van der Waals surface area contributed by atoms with E-state index >= 15 is 0 Å². The number of carbonyl (C=O) groups excluding carboxylic acids is 1. The van der Waals surface area contributed by atoms with E-state index in [4.69, 9.17) is 0 Å². The first kappa shape index (κ1) is 18.8. The van der Waals surface area contributed by atoms with Gasteiger partial charge in [-0.3, -0.25) is 28.8 Å². The standard InChI is InChI=1S/C19H16N4O5/c24-17(20-15-6-8-16(9-7-15)23(27)28)13-22-18(25)10-11-21(19(22)26)12-14-4-2-1-3-5-14/h1-11H,12-13H2,(H,20,24). The average Bonchev–Trinajstić information content (AvgIpc) is 2.68. The summed E-state index contributed by atoms with van der Waals surface area (Å²) in [6, 6.07) is 15.7. The van der Waals surface area contributed by atoms with E-state index in [1.54, 1.807) is 0 Å². The first-order valence-electron chi connectivity index (χ1n) is 8.32. The predicted octanol–water partition coefficient (Wildman–Crippen LogP) is 1.61. The molecule has 0 saturated heterocycles. The van der Waals surface area contributed by atoms with Crippen molar-refractivity contribution in [1.29, 1.82) is 0 Å². The van der Waals surface area contributed by atoms with Gasteiger partial charge < -0.3 is 5.32 Å². The number of benzene rings is 2. The fraction of sp³-hybridized carbons (Fsp3) is 0.105. The molecule has 0 atom stereocenters. The molecule has 0 bridgehead atoms. The highest BCUT2D eigenvalue weighted by molar-refractivity contribution is 5.90. The lowest BCUT2D eigenvalue weighted by atomic mass is 10.2. The number of amides is 1. The molecule has 1 aromatic heterocycles. The zero-order valence-electron chi connectivity index (χ0n) is 14.6. The fourth-order valence-corrected chi connectivity index (χ4v) is 2.61. The Morgan fingerprint density at radius 3 is 2.32 bits per heavy atom. The molecule has 0 spiro atoms. The maximum atomic E-state index is 12.6. The van der Waals surface area contributed by atoms with Crippen LogP contribution >= 0.6 is 0 Å². The second-order valence-corrected chi connectivity index (χ2v) is 5.99. The molecular formula is C19H16N4O5. The van der Waals surface area contributed by atoms with E-state index in [9.17, 15) is 24.5 Å². The van der Waals surface area contributed by atoms with Gasteiger partial charge in [-0.25, -0.2) is 4.79 Å². The van der Waals surface area contributed by atoms with Gasteiger partial charge in [0.25, 0.3) is 11.2 Å². The second kappa shape index (κ2) is 8.12. The summed E-state index contributed by atoms with van der Waals surface area (Å²) in [5, 5.41) is 13.2. The van der Waals surface area contributed by atoms with E-state index in [0.717, 1.165) is 10.1 Å². The Labute approximate surface area is 158 Å². The van der Waals surface area contributed by atoms with Crippen LogP contribution in [0.3, 0.4) is 0 Å². The molecule has 1 N–H and O–H groups in total. The monoisotopic (exact) mass is 380 g/mol. The van der Waals surface area contributed by atoms with Gasteiger partial charge >= 0.3 is 5.69 Å². The smallest absolute Gasteiger partial charge is 0.325 e. The van der Waals surface area contributed by atoms with Crippen LogP contribution in [0.1, 0.15) is 5.56 Å². The quantitative estimate of drug-likeness (QED) is 0.515. The van der Waals surface area contributed by atoms with Crippen LogP contribution in [-0.4, -0.2) is 20.0 Å². The highest BCUT2D eigenvalue weighted by Gasteiger charge is 2.11. The number of aromatic nitrogens is 2. The topological polar surface area (TPSA) is 116 Å². The SMILES string of the molecule is O=C(Cn1c(=O)ccn(Cc2ccccc2)c1=O)Nc1ccc([N+](=O)[O-])cc1. The van der Waals surface area contributed by atoms with Crippen LogP contribution in [0.25, 0.3) is 0 Å². The molecule has 3 rings (SSSR count). The number of carbonyl (C=O) groups is 1. The lowest BCUT2D eigenvalue weighted by Crippen LogP contribution is -2.41. The van der Waals surface area contributed by atoms with E-state index in [1.807, 2.05) is 30.3 Å². The molecule has 1 heterocycles. The van der Waals surface area contributed by atoms with Gasteiger partial charge in [0.1, 0.15) is 6.54 Å². The van der Waals surface area contributed by atoms with E-state index < -0.39 is 28.6 Å². The lowest BCUT2D eigenvalue weighted by molar-refractivity contribution is -0.384. The second-order valence-electron chi connectivity index (χ2n) is 5.99. The number of nitrogens with one attached hydrogen (secondary N) is 1. The minimum atomic E-state index is -0.602. The number of hydrogen-bond acceptors (Lipinski definition) is 5. The van der Waals surface area contributed by atoms with Gasteiger partial charge in [0.2, 0.25) is 5.91 Å². The summed E-state index contributed by atoms with van der Waals surface area (Å²) in [5.41, 5.74) is -0.0984. The van der Waals surface area contributed by atoms with Crippen LogP contribution in [0.15, 0.2) is 76.4 Å². The summed E-state index contributed by atoms with van der Waals surface area (Å²) < 4.78 is 2.18. The summed E-state index contributed by atoms with van der Waals surface area (Å²) in [6.07, 6.45) is 1.39. The van der Waals surface area contributed by atoms with Crippen molar-refractivity contribution in [3.8, 4) is 0 Å². The van der Waals surface area contributed by atoms with Crippen LogP contribution in [0.4, 0.5) is 11.4 Å². The molecule has 142 valence electrons. The predicted molar refractivity (Wildman–Crippen MR) is 102 cm³/mol. The molecule has 3 aromatic rings. The first-order chi connectivity index (χ1) is 13.4. The zero-order chi connectivity index (χ0) is 20.1. The van der Waals surface area contributed by atoms with Gasteiger partial charge in [0.15, 0.2) is 0 Å². The summed E-state index contributed by atoms with van der Waals surface area (Å²) in [6.45, 7) is -0.200. The van der Waals surface area contributed by atoms with Crippen molar-refractivity contribution in [2.75, 3.05) is 5.32 Å². The average molecular weight is 380 g/mol. The Morgan fingerprint density at radius 1 is 1.00 bits per heavy atom. The van der Waals surface area contributed by atoms with Crippen molar-refractivity contribution in [3.05, 3.63) is 103 Å². The Hall–Kier alpha value is -4.01. The first-order valence-corrected chi connectivity index (χ1v) is 8.32. The summed E-state index contributed by atoms with van der Waals surface area (Å²) >= 11 is 0. The van der Waals surface area contributed by atoms with Crippen LogP contribution < -0.4 is 16.6 Å². The Morgan fingerprint density at radius 2 is 1.68 bits per heavy atom. The molecule has 0 fully saturated rings. The van der Waals surface area contributed by atoms with Gasteiger partial charge in [0, 0.05) is 30.1 Å². The Bertz CT molecular complexity index is 1120. The van der Waals surface area contributed by atoms with Crippen LogP contribution in [0, 0.1) is 10.1 Å². The molecule has 28 heavy (non-hydrogen) atoms. The van der Waals surface area contributed by atoms with Crippen molar-refractivity contribution in [3.63, 3.8) is 0 Å². The molecule has 0 aliphatic carbocycles.